The molecule has 6 nitrogen and oxygen atoms in total. The van der Waals surface area contributed by atoms with Crippen molar-refractivity contribution in [2.75, 3.05) is 0 Å². The highest BCUT2D eigenvalue weighted by atomic mass is 16.3. The Hall–Kier alpha value is -7.83. The van der Waals surface area contributed by atoms with Crippen LogP contribution in [0.25, 0.3) is 111 Å². The Bertz CT molecular complexity index is 3870. The molecule has 0 spiro atoms. The molecule has 0 N–H and O–H groups in total. The van der Waals surface area contributed by atoms with Gasteiger partial charge in [-0.1, -0.05) is 133 Å². The average molecular weight is 737 g/mol. The van der Waals surface area contributed by atoms with E-state index < -0.39 is 0 Å². The van der Waals surface area contributed by atoms with Crippen molar-refractivity contribution in [1.82, 2.24) is 24.1 Å². The molecule has 8 aromatic carbocycles. The summed E-state index contributed by atoms with van der Waals surface area (Å²) in [7, 11) is 0. The van der Waals surface area contributed by atoms with Crippen LogP contribution in [-0.2, 0) is 0 Å². The summed E-state index contributed by atoms with van der Waals surface area (Å²) in [6.07, 6.45) is 0. The lowest BCUT2D eigenvalue weighted by atomic mass is 10.1. The highest BCUT2D eigenvalue weighted by Crippen LogP contribution is 2.42. The van der Waals surface area contributed by atoms with Crippen LogP contribution in [0.2, 0.25) is 0 Å². The summed E-state index contributed by atoms with van der Waals surface area (Å²) in [5.74, 6) is 1.57. The van der Waals surface area contributed by atoms with Gasteiger partial charge in [0.1, 0.15) is 11.2 Å². The van der Waals surface area contributed by atoms with Crippen molar-refractivity contribution in [2.24, 2.45) is 0 Å². The maximum absolute atomic E-state index is 9.54. The van der Waals surface area contributed by atoms with Crippen molar-refractivity contribution in [2.45, 2.75) is 0 Å². The summed E-state index contributed by atoms with van der Waals surface area (Å²) in [5, 5.41) is 3.00. The number of nitrogens with zero attached hydrogens (tertiary/aromatic N) is 5. The van der Waals surface area contributed by atoms with Gasteiger partial charge in [0.25, 0.3) is 0 Å². The molecule has 0 unspecified atom stereocenters. The van der Waals surface area contributed by atoms with E-state index in [4.69, 9.17) is 24.9 Å². The quantitative estimate of drug-likeness (QED) is 0.176. The normalized spacial score (nSPS) is 13.6. The van der Waals surface area contributed by atoms with Crippen molar-refractivity contribution < 1.29 is 14.0 Å². The lowest BCUT2D eigenvalue weighted by Crippen LogP contribution is -2.00. The number of para-hydroxylation sites is 3. The zero-order valence-electron chi connectivity index (χ0n) is 37.0. The minimum Gasteiger partial charge on any atom is -0.456 e. The molecule has 12 rings (SSSR count). The maximum atomic E-state index is 9.54. The Morgan fingerprint density at radius 3 is 1.61 bits per heavy atom. The third kappa shape index (κ3) is 4.87. The summed E-state index contributed by atoms with van der Waals surface area (Å²) < 4.78 is 74.2. The average Bonchev–Trinajstić information content (AvgIpc) is 3.99. The van der Waals surface area contributed by atoms with E-state index in [9.17, 15) is 4.11 Å². The number of rotatable bonds is 5. The molecule has 0 aliphatic heterocycles. The first-order valence-corrected chi connectivity index (χ1v) is 18.5. The van der Waals surface area contributed by atoms with Crippen LogP contribution in [0.5, 0.6) is 0 Å². The molecule has 266 valence electrons. The van der Waals surface area contributed by atoms with Gasteiger partial charge >= 0.3 is 0 Å². The molecule has 0 saturated heterocycles. The third-order valence-corrected chi connectivity index (χ3v) is 10.6. The number of furan rings is 1. The predicted octanol–water partition coefficient (Wildman–Crippen LogP) is 13.0. The fourth-order valence-corrected chi connectivity index (χ4v) is 8.05. The van der Waals surface area contributed by atoms with E-state index in [1.165, 1.54) is 12.1 Å². The molecule has 12 aromatic rings. The van der Waals surface area contributed by atoms with E-state index in [0.717, 1.165) is 27.5 Å². The van der Waals surface area contributed by atoms with Gasteiger partial charge in [-0.3, -0.25) is 0 Å². The topological polar surface area (TPSA) is 61.7 Å². The second-order valence-electron chi connectivity index (χ2n) is 13.9. The van der Waals surface area contributed by atoms with Gasteiger partial charge in [0.15, 0.2) is 17.5 Å². The minimum atomic E-state index is -0.171. The number of fused-ring (bicyclic) bond motifs is 10. The molecule has 0 aliphatic rings. The predicted molar refractivity (Wildman–Crippen MR) is 232 cm³/mol. The first kappa shape index (κ1) is 25.3. The first-order chi connectivity index (χ1) is 31.1. The van der Waals surface area contributed by atoms with Crippen molar-refractivity contribution in [1.29, 1.82) is 0 Å². The Labute approximate surface area is 336 Å². The van der Waals surface area contributed by atoms with Crippen molar-refractivity contribution >= 4 is 65.6 Å². The van der Waals surface area contributed by atoms with Crippen LogP contribution in [0.3, 0.4) is 0 Å². The summed E-state index contributed by atoms with van der Waals surface area (Å²) in [6.45, 7) is 0. The summed E-state index contributed by atoms with van der Waals surface area (Å²) in [4.78, 5) is 14.7. The lowest BCUT2D eigenvalue weighted by Gasteiger charge is -2.12. The number of aromatic nitrogens is 5. The molecule has 57 heavy (non-hydrogen) atoms. The van der Waals surface area contributed by atoms with E-state index in [0.29, 0.717) is 72.9 Å². The van der Waals surface area contributed by atoms with Crippen LogP contribution in [-0.4, -0.2) is 24.1 Å². The highest BCUT2D eigenvalue weighted by Gasteiger charge is 2.22. The fraction of sp³-hybridized carbons (Fsp3) is 0. The Morgan fingerprint density at radius 1 is 0.386 bits per heavy atom. The summed E-state index contributed by atoms with van der Waals surface area (Å²) in [5.41, 5.74) is 6.53. The van der Waals surface area contributed by atoms with Crippen LogP contribution in [0.15, 0.2) is 192 Å². The van der Waals surface area contributed by atoms with Gasteiger partial charge in [-0.25, -0.2) is 15.0 Å². The first-order valence-electron chi connectivity index (χ1n) is 22.0. The van der Waals surface area contributed by atoms with Crippen LogP contribution < -0.4 is 0 Å². The van der Waals surface area contributed by atoms with Gasteiger partial charge in [0, 0.05) is 60.8 Å². The maximum Gasteiger partial charge on any atom is 0.164 e. The molecular formula is C51H31N5O. The molecule has 0 atom stereocenters. The van der Waals surface area contributed by atoms with Gasteiger partial charge in [-0.15, -0.1) is 0 Å². The fourth-order valence-electron chi connectivity index (χ4n) is 8.05. The van der Waals surface area contributed by atoms with Crippen molar-refractivity contribution in [3.63, 3.8) is 0 Å². The standard InChI is InChI=1S/C51H31N5O/c1-4-14-32(15-5-1)49-52-50(33-16-6-2-7-17-33)54-51(53-49)34-24-26-39-40-27-25-36(31-46(40)57-45(39)30-34)56-44-23-13-11-21-38(44)42-29-28-41-37-20-10-12-22-43(37)55(47(41)48(42)56)35-18-8-3-9-19-35/h1-31H/i10D,11D,20D,22D,23D,28D,29D. The van der Waals surface area contributed by atoms with E-state index in [2.05, 4.69) is 0 Å². The zero-order valence-corrected chi connectivity index (χ0v) is 30.0. The van der Waals surface area contributed by atoms with E-state index in [1.54, 1.807) is 6.07 Å². The Morgan fingerprint density at radius 2 is 0.930 bits per heavy atom. The number of benzene rings is 8. The monoisotopic (exact) mass is 736 g/mol. The van der Waals surface area contributed by atoms with Gasteiger partial charge in [0.05, 0.1) is 37.3 Å². The minimum absolute atomic E-state index is 0.000212. The second kappa shape index (κ2) is 12.3. The molecule has 0 amide bonds. The molecule has 0 radical (unpaired) electrons. The van der Waals surface area contributed by atoms with Crippen LogP contribution in [0.1, 0.15) is 9.60 Å². The van der Waals surface area contributed by atoms with Crippen LogP contribution in [0.4, 0.5) is 0 Å². The SMILES string of the molecule is [2H]c1cc([2H])c2c(c1)c1c([2H])c([2H])c3c4c([2H])c([2H])cc([2H])c4n(-c4ccccc4)c3c1n2-c1ccc2c(c1)oc1cc(-c3nc(-c4ccccc4)nc(-c4ccccc4)n3)ccc12. The molecule has 0 fully saturated rings. The Balaban J connectivity index is 1.13. The van der Waals surface area contributed by atoms with Crippen LogP contribution >= 0.6 is 0 Å². The van der Waals surface area contributed by atoms with Gasteiger partial charge in [-0.05, 0) is 48.5 Å². The van der Waals surface area contributed by atoms with Gasteiger partial charge in [0.2, 0.25) is 0 Å². The number of hydrogen-bond donors (Lipinski definition) is 0. The summed E-state index contributed by atoms with van der Waals surface area (Å²) in [6, 6.07) is 44.5. The molecule has 4 aromatic heterocycles. The summed E-state index contributed by atoms with van der Waals surface area (Å²) >= 11 is 0. The smallest absolute Gasteiger partial charge is 0.164 e. The van der Waals surface area contributed by atoms with E-state index in [-0.39, 0.29) is 53.1 Å². The van der Waals surface area contributed by atoms with E-state index >= 15 is 0 Å². The number of hydrogen-bond acceptors (Lipinski definition) is 4. The molecular weight excluding hydrogens is 699 g/mol. The van der Waals surface area contributed by atoms with Crippen LogP contribution in [0, 0.1) is 0 Å². The molecule has 0 bridgehead atoms. The second-order valence-corrected chi connectivity index (χ2v) is 13.9. The van der Waals surface area contributed by atoms with Gasteiger partial charge < -0.3 is 13.6 Å². The molecule has 4 heterocycles. The van der Waals surface area contributed by atoms with E-state index in [1.807, 2.05) is 137 Å². The zero-order chi connectivity index (χ0) is 43.5. The third-order valence-electron chi connectivity index (χ3n) is 10.6. The Kier molecular flexibility index (Phi) is 5.48. The molecule has 0 saturated carbocycles. The molecule has 0 aliphatic carbocycles. The van der Waals surface area contributed by atoms with Crippen molar-refractivity contribution in [3.05, 3.63) is 188 Å². The highest BCUT2D eigenvalue weighted by molar-refractivity contribution is 6.24. The molecule has 6 heteroatoms. The lowest BCUT2D eigenvalue weighted by molar-refractivity contribution is 0.668. The van der Waals surface area contributed by atoms with Crippen molar-refractivity contribution in [3.8, 4) is 45.5 Å². The van der Waals surface area contributed by atoms with Gasteiger partial charge in [-0.2, -0.15) is 0 Å². The largest absolute Gasteiger partial charge is 0.456 e.